The van der Waals surface area contributed by atoms with E-state index in [0.717, 1.165) is 6.42 Å². The molecule has 0 N–H and O–H groups in total. The lowest BCUT2D eigenvalue weighted by Crippen LogP contribution is -1.83. The van der Waals surface area contributed by atoms with Crippen LogP contribution in [0.4, 0.5) is 0 Å². The van der Waals surface area contributed by atoms with Gasteiger partial charge >= 0.3 is 0 Å². The number of allylic oxidation sites excluding steroid dienone is 4. The van der Waals surface area contributed by atoms with Gasteiger partial charge < -0.3 is 0 Å². The zero-order valence-electron chi connectivity index (χ0n) is 13.6. The Morgan fingerprint density at radius 1 is 0.300 bits per heavy atom. The van der Waals surface area contributed by atoms with Crippen molar-refractivity contribution >= 4 is 0 Å². The molecule has 0 radical (unpaired) electrons. The summed E-state index contributed by atoms with van der Waals surface area (Å²) < 4.78 is 0. The van der Waals surface area contributed by atoms with E-state index in [1.54, 1.807) is 0 Å². The molecule has 0 unspecified atom stereocenters. The van der Waals surface area contributed by atoms with Crippen molar-refractivity contribution in [3.8, 4) is 0 Å². The summed E-state index contributed by atoms with van der Waals surface area (Å²) in [6.07, 6.45) is 32.0. The molecule has 0 spiro atoms. The van der Waals surface area contributed by atoms with Crippen LogP contribution in [-0.4, -0.2) is 0 Å². The molecular formula is C20H36. The van der Waals surface area contributed by atoms with Crippen molar-refractivity contribution in [2.45, 2.75) is 103 Å². The fourth-order valence-electron chi connectivity index (χ4n) is 2.98. The third-order valence-corrected chi connectivity index (χ3v) is 4.35. The SMILES string of the molecule is C1=CCCCCCCCCCCCCCCC/C=C/C1. The van der Waals surface area contributed by atoms with Gasteiger partial charge in [-0.2, -0.15) is 0 Å². The van der Waals surface area contributed by atoms with Crippen molar-refractivity contribution in [2.24, 2.45) is 0 Å². The van der Waals surface area contributed by atoms with Crippen LogP contribution < -0.4 is 0 Å². The Morgan fingerprint density at radius 3 is 0.950 bits per heavy atom. The zero-order valence-corrected chi connectivity index (χ0v) is 13.6. The Balaban J connectivity index is 2.11. The van der Waals surface area contributed by atoms with Gasteiger partial charge in [0.05, 0.1) is 0 Å². The molecule has 0 saturated heterocycles. The lowest BCUT2D eigenvalue weighted by Gasteiger charge is -2.03. The molecule has 1 aliphatic rings. The Labute approximate surface area is 127 Å². The molecule has 0 heterocycles. The lowest BCUT2D eigenvalue weighted by atomic mass is 10.0. The van der Waals surface area contributed by atoms with Crippen LogP contribution in [0.25, 0.3) is 0 Å². The molecule has 1 rings (SSSR count). The first-order valence-electron chi connectivity index (χ1n) is 9.30. The maximum Gasteiger partial charge on any atom is -0.0169 e. The van der Waals surface area contributed by atoms with Crippen molar-refractivity contribution in [3.05, 3.63) is 24.3 Å². The van der Waals surface area contributed by atoms with Crippen molar-refractivity contribution in [1.29, 1.82) is 0 Å². The Morgan fingerprint density at radius 2 is 0.600 bits per heavy atom. The molecule has 0 saturated carbocycles. The third kappa shape index (κ3) is 12.5. The summed E-state index contributed by atoms with van der Waals surface area (Å²) in [7, 11) is 0. The molecule has 0 aromatic rings. The van der Waals surface area contributed by atoms with Crippen LogP contribution >= 0.6 is 0 Å². The summed E-state index contributed by atoms with van der Waals surface area (Å²) in [5, 5.41) is 0. The molecular weight excluding hydrogens is 240 g/mol. The maximum absolute atomic E-state index is 2.38. The van der Waals surface area contributed by atoms with E-state index in [0.29, 0.717) is 0 Å². The van der Waals surface area contributed by atoms with E-state index in [-0.39, 0.29) is 0 Å². The molecule has 0 atom stereocenters. The van der Waals surface area contributed by atoms with Crippen LogP contribution in [-0.2, 0) is 0 Å². The Kier molecular flexibility index (Phi) is 13.0. The van der Waals surface area contributed by atoms with Crippen molar-refractivity contribution in [1.82, 2.24) is 0 Å². The minimum Gasteiger partial charge on any atom is -0.0882 e. The first-order valence-corrected chi connectivity index (χ1v) is 9.30. The summed E-state index contributed by atoms with van der Waals surface area (Å²) in [5.41, 5.74) is 0. The van der Waals surface area contributed by atoms with Crippen molar-refractivity contribution in [2.75, 3.05) is 0 Å². The van der Waals surface area contributed by atoms with Gasteiger partial charge in [-0.1, -0.05) is 94.9 Å². The molecule has 0 bridgehead atoms. The topological polar surface area (TPSA) is 0 Å². The summed E-state index contributed by atoms with van der Waals surface area (Å²) in [6, 6.07) is 0. The van der Waals surface area contributed by atoms with Gasteiger partial charge in [0.15, 0.2) is 0 Å². The maximum atomic E-state index is 2.38. The first-order chi connectivity index (χ1) is 10.0. The van der Waals surface area contributed by atoms with Gasteiger partial charge in [0.2, 0.25) is 0 Å². The highest BCUT2D eigenvalue weighted by atomic mass is 14.0. The fourth-order valence-corrected chi connectivity index (χ4v) is 2.98. The second-order valence-corrected chi connectivity index (χ2v) is 6.35. The molecule has 0 aromatic heterocycles. The van der Waals surface area contributed by atoms with Crippen LogP contribution in [0.1, 0.15) is 103 Å². The van der Waals surface area contributed by atoms with Crippen LogP contribution in [0.15, 0.2) is 24.3 Å². The molecule has 20 heavy (non-hydrogen) atoms. The number of hydrogen-bond donors (Lipinski definition) is 0. The minimum atomic E-state index is 1.14. The smallest absolute Gasteiger partial charge is 0.0169 e. The second-order valence-electron chi connectivity index (χ2n) is 6.35. The highest BCUT2D eigenvalue weighted by Crippen LogP contribution is 2.13. The van der Waals surface area contributed by atoms with Crippen LogP contribution in [0, 0.1) is 0 Å². The van der Waals surface area contributed by atoms with Gasteiger partial charge in [-0.15, -0.1) is 0 Å². The summed E-state index contributed by atoms with van der Waals surface area (Å²) in [6.45, 7) is 0. The Bertz CT molecular complexity index is 212. The summed E-state index contributed by atoms with van der Waals surface area (Å²) in [5.74, 6) is 0. The summed E-state index contributed by atoms with van der Waals surface area (Å²) >= 11 is 0. The molecule has 0 aliphatic heterocycles. The Hall–Kier alpha value is -0.520. The fraction of sp³-hybridized carbons (Fsp3) is 0.800. The zero-order chi connectivity index (χ0) is 14.1. The van der Waals surface area contributed by atoms with Crippen LogP contribution in [0.2, 0.25) is 0 Å². The lowest BCUT2D eigenvalue weighted by molar-refractivity contribution is 0.537. The van der Waals surface area contributed by atoms with E-state index < -0.39 is 0 Å². The van der Waals surface area contributed by atoms with E-state index in [1.807, 2.05) is 0 Å². The highest BCUT2D eigenvalue weighted by molar-refractivity contribution is 4.92. The third-order valence-electron chi connectivity index (χ3n) is 4.35. The molecule has 116 valence electrons. The average molecular weight is 277 g/mol. The number of rotatable bonds is 0. The molecule has 0 aromatic carbocycles. The molecule has 0 heteroatoms. The quantitative estimate of drug-likeness (QED) is 0.405. The second kappa shape index (κ2) is 14.9. The van der Waals surface area contributed by atoms with E-state index in [2.05, 4.69) is 24.3 Å². The van der Waals surface area contributed by atoms with Gasteiger partial charge in [-0.05, 0) is 32.1 Å². The van der Waals surface area contributed by atoms with Gasteiger partial charge in [0, 0.05) is 0 Å². The molecule has 0 nitrogen and oxygen atoms in total. The monoisotopic (exact) mass is 276 g/mol. The highest BCUT2D eigenvalue weighted by Gasteiger charge is 1.94. The predicted molar refractivity (Wildman–Crippen MR) is 92.2 cm³/mol. The van der Waals surface area contributed by atoms with Gasteiger partial charge in [-0.3, -0.25) is 0 Å². The van der Waals surface area contributed by atoms with E-state index in [1.165, 1.54) is 96.3 Å². The predicted octanol–water partition coefficient (Wildman–Crippen LogP) is 7.35. The van der Waals surface area contributed by atoms with E-state index in [9.17, 15) is 0 Å². The van der Waals surface area contributed by atoms with Crippen molar-refractivity contribution < 1.29 is 0 Å². The standard InChI is InChI=1S/C20H36/c1-2-4-6-8-10-12-14-16-18-20-19-17-15-13-11-9-7-5-3-1/h1-2,5,7H,3-4,6,8-20H2/b2-1+,7-5?. The normalized spacial score (nSPS) is 24.0. The van der Waals surface area contributed by atoms with Gasteiger partial charge in [-0.25, -0.2) is 0 Å². The van der Waals surface area contributed by atoms with E-state index >= 15 is 0 Å². The van der Waals surface area contributed by atoms with Gasteiger partial charge in [0.25, 0.3) is 0 Å². The molecule has 0 fully saturated rings. The van der Waals surface area contributed by atoms with Crippen LogP contribution in [0.5, 0.6) is 0 Å². The largest absolute Gasteiger partial charge is 0.0882 e. The first kappa shape index (κ1) is 17.5. The van der Waals surface area contributed by atoms with Gasteiger partial charge in [0.1, 0.15) is 0 Å². The van der Waals surface area contributed by atoms with Crippen LogP contribution in [0.3, 0.4) is 0 Å². The average Bonchev–Trinajstić information content (AvgIpc) is 2.46. The molecule has 0 amide bonds. The molecule has 1 aliphatic carbocycles. The minimum absolute atomic E-state index is 1.14. The number of hydrogen-bond acceptors (Lipinski definition) is 0. The van der Waals surface area contributed by atoms with E-state index in [4.69, 9.17) is 0 Å². The summed E-state index contributed by atoms with van der Waals surface area (Å²) in [4.78, 5) is 0. The van der Waals surface area contributed by atoms with Crippen molar-refractivity contribution in [3.63, 3.8) is 0 Å².